The number of nitriles is 1. The molecule has 10 heteroatoms. The third kappa shape index (κ3) is 5.54. The van der Waals surface area contributed by atoms with Crippen molar-refractivity contribution in [2.75, 3.05) is 29.9 Å². The maximum Gasteiger partial charge on any atom is 0.264 e. The number of amides is 4. The zero-order valence-corrected chi connectivity index (χ0v) is 24.8. The van der Waals surface area contributed by atoms with Gasteiger partial charge < -0.3 is 10.2 Å². The van der Waals surface area contributed by atoms with E-state index >= 15 is 0 Å². The van der Waals surface area contributed by atoms with Crippen molar-refractivity contribution in [1.29, 1.82) is 5.26 Å². The van der Waals surface area contributed by atoms with Gasteiger partial charge in [-0.15, -0.1) is 0 Å². The number of aryl methyl sites for hydroxylation is 1. The Morgan fingerprint density at radius 1 is 0.977 bits per heavy atom. The molecule has 0 radical (unpaired) electrons. The minimum atomic E-state index is -0.994. The average Bonchev–Trinajstić information content (AvgIpc) is 3.27. The molecule has 44 heavy (non-hydrogen) atoms. The third-order valence-corrected chi connectivity index (χ3v) is 8.79. The lowest BCUT2D eigenvalue weighted by Gasteiger charge is -2.41. The molecule has 3 aliphatic rings. The lowest BCUT2D eigenvalue weighted by molar-refractivity contribution is -0.136. The Morgan fingerprint density at radius 3 is 2.45 bits per heavy atom. The van der Waals surface area contributed by atoms with E-state index < -0.39 is 29.7 Å². The van der Waals surface area contributed by atoms with E-state index in [1.807, 2.05) is 12.1 Å². The SMILES string of the molecule is Cc1cc(C#N)ccc1N1CCN(Cc2ccc(CNc3cccc4c3C(=O)N(C3CCC(=O)NC3=O)C4=O)cc2)[C@H](C)C1. The largest absolute Gasteiger partial charge is 0.380 e. The molecule has 2 atom stereocenters. The Balaban J connectivity index is 1.06. The van der Waals surface area contributed by atoms with E-state index in [1.54, 1.807) is 18.2 Å². The first-order valence-electron chi connectivity index (χ1n) is 14.9. The summed E-state index contributed by atoms with van der Waals surface area (Å²) in [4.78, 5) is 56.3. The van der Waals surface area contributed by atoms with Crippen LogP contribution in [0.2, 0.25) is 0 Å². The van der Waals surface area contributed by atoms with Crippen LogP contribution in [-0.2, 0) is 22.7 Å². The minimum Gasteiger partial charge on any atom is -0.380 e. The van der Waals surface area contributed by atoms with Crippen LogP contribution in [0.5, 0.6) is 0 Å². The normalized spacial score (nSPS) is 20.4. The molecule has 0 aliphatic carbocycles. The van der Waals surface area contributed by atoms with Crippen LogP contribution in [0.25, 0.3) is 0 Å². The van der Waals surface area contributed by atoms with E-state index in [9.17, 15) is 24.4 Å². The lowest BCUT2D eigenvalue weighted by Crippen LogP contribution is -2.54. The highest BCUT2D eigenvalue weighted by molar-refractivity contribution is 6.25. The average molecular weight is 591 g/mol. The maximum atomic E-state index is 13.4. The summed E-state index contributed by atoms with van der Waals surface area (Å²) < 4.78 is 0. The van der Waals surface area contributed by atoms with E-state index in [1.165, 1.54) is 11.3 Å². The number of anilines is 2. The molecule has 224 valence electrons. The predicted molar refractivity (Wildman–Crippen MR) is 165 cm³/mol. The number of benzene rings is 3. The van der Waals surface area contributed by atoms with Crippen molar-refractivity contribution in [3.63, 3.8) is 0 Å². The summed E-state index contributed by atoms with van der Waals surface area (Å²) in [7, 11) is 0. The van der Waals surface area contributed by atoms with Crippen LogP contribution in [-0.4, -0.2) is 65.1 Å². The number of carbonyl (C=O) groups is 4. The van der Waals surface area contributed by atoms with Crippen molar-refractivity contribution in [2.24, 2.45) is 0 Å². The van der Waals surface area contributed by atoms with Crippen molar-refractivity contribution in [3.8, 4) is 6.07 Å². The number of piperazine rings is 1. The Kier molecular flexibility index (Phi) is 7.89. The number of piperidine rings is 1. The van der Waals surface area contributed by atoms with E-state index in [2.05, 4.69) is 70.7 Å². The quantitative estimate of drug-likeness (QED) is 0.400. The van der Waals surface area contributed by atoms with Gasteiger partial charge in [0.05, 0.1) is 22.8 Å². The highest BCUT2D eigenvalue weighted by Crippen LogP contribution is 2.33. The van der Waals surface area contributed by atoms with Crippen LogP contribution in [0.1, 0.15) is 62.7 Å². The molecular formula is C34H34N6O4. The van der Waals surface area contributed by atoms with Crippen molar-refractivity contribution >= 4 is 35.0 Å². The number of carbonyl (C=O) groups excluding carboxylic acids is 4. The second kappa shape index (κ2) is 11.9. The molecule has 3 aromatic carbocycles. The fourth-order valence-corrected chi connectivity index (χ4v) is 6.39. The molecule has 0 aromatic heterocycles. The first-order chi connectivity index (χ1) is 21.2. The number of hydrogen-bond acceptors (Lipinski definition) is 8. The maximum absolute atomic E-state index is 13.4. The van der Waals surface area contributed by atoms with Gasteiger partial charge in [0.15, 0.2) is 0 Å². The third-order valence-electron chi connectivity index (χ3n) is 8.79. The van der Waals surface area contributed by atoms with Crippen LogP contribution in [0.3, 0.4) is 0 Å². The Hall–Kier alpha value is -5.01. The van der Waals surface area contributed by atoms with E-state index in [4.69, 9.17) is 0 Å². The van der Waals surface area contributed by atoms with Crippen LogP contribution < -0.4 is 15.5 Å². The number of nitrogens with zero attached hydrogens (tertiary/aromatic N) is 4. The van der Waals surface area contributed by atoms with E-state index in [0.717, 1.165) is 42.2 Å². The molecule has 10 nitrogen and oxygen atoms in total. The first-order valence-corrected chi connectivity index (χ1v) is 14.9. The van der Waals surface area contributed by atoms with Crippen LogP contribution >= 0.6 is 0 Å². The van der Waals surface area contributed by atoms with Crippen LogP contribution in [0.4, 0.5) is 11.4 Å². The summed E-state index contributed by atoms with van der Waals surface area (Å²) in [6, 6.07) is 20.9. The van der Waals surface area contributed by atoms with Crippen molar-refractivity contribution < 1.29 is 19.2 Å². The molecule has 3 aromatic rings. The monoisotopic (exact) mass is 590 g/mol. The number of hydrogen-bond donors (Lipinski definition) is 2. The van der Waals surface area contributed by atoms with Crippen molar-refractivity contribution in [2.45, 2.75) is 51.9 Å². The molecule has 0 spiro atoms. The first kappa shape index (κ1) is 29.1. The second-order valence-electron chi connectivity index (χ2n) is 11.7. The molecule has 2 fully saturated rings. The van der Waals surface area contributed by atoms with Gasteiger partial charge in [0.2, 0.25) is 11.8 Å². The summed E-state index contributed by atoms with van der Waals surface area (Å²) in [5.41, 5.74) is 6.27. The zero-order valence-electron chi connectivity index (χ0n) is 24.8. The molecule has 0 saturated carbocycles. The van der Waals surface area contributed by atoms with Gasteiger partial charge in [0, 0.05) is 56.6 Å². The fourth-order valence-electron chi connectivity index (χ4n) is 6.39. The molecule has 3 aliphatic heterocycles. The topological polar surface area (TPSA) is 126 Å². The van der Waals surface area contributed by atoms with Gasteiger partial charge in [-0.3, -0.25) is 34.3 Å². The molecule has 2 saturated heterocycles. The lowest BCUT2D eigenvalue weighted by atomic mass is 10.0. The Labute approximate surface area is 256 Å². The molecular weight excluding hydrogens is 556 g/mol. The van der Waals surface area contributed by atoms with Gasteiger partial charge in [-0.05, 0) is 67.3 Å². The molecule has 3 heterocycles. The molecule has 4 amide bonds. The summed E-state index contributed by atoms with van der Waals surface area (Å²) in [6.45, 7) is 8.37. The van der Waals surface area contributed by atoms with Gasteiger partial charge >= 0.3 is 0 Å². The molecule has 6 rings (SSSR count). The molecule has 1 unspecified atom stereocenters. The number of fused-ring (bicyclic) bond motifs is 1. The fraction of sp³-hybridized carbons (Fsp3) is 0.324. The van der Waals surface area contributed by atoms with Crippen LogP contribution in [0.15, 0.2) is 60.7 Å². The zero-order chi connectivity index (χ0) is 31.0. The van der Waals surface area contributed by atoms with E-state index in [0.29, 0.717) is 23.8 Å². The van der Waals surface area contributed by atoms with Crippen molar-refractivity contribution in [3.05, 3.63) is 94.0 Å². The van der Waals surface area contributed by atoms with Gasteiger partial charge in [-0.25, -0.2) is 0 Å². The number of imide groups is 2. The molecule has 0 bridgehead atoms. The highest BCUT2D eigenvalue weighted by Gasteiger charge is 2.45. The predicted octanol–water partition coefficient (Wildman–Crippen LogP) is 3.59. The highest BCUT2D eigenvalue weighted by atomic mass is 16.2. The number of rotatable bonds is 7. The van der Waals surface area contributed by atoms with Crippen LogP contribution in [0, 0.1) is 18.3 Å². The summed E-state index contributed by atoms with van der Waals surface area (Å²) >= 11 is 0. The van der Waals surface area contributed by atoms with Gasteiger partial charge in [-0.1, -0.05) is 30.3 Å². The Morgan fingerprint density at radius 2 is 1.75 bits per heavy atom. The summed E-state index contributed by atoms with van der Waals surface area (Å²) in [5.74, 6) is -2.07. The van der Waals surface area contributed by atoms with Gasteiger partial charge in [0.1, 0.15) is 6.04 Å². The minimum absolute atomic E-state index is 0.0817. The van der Waals surface area contributed by atoms with Crippen molar-refractivity contribution in [1.82, 2.24) is 15.1 Å². The standard InChI is InChI=1S/C34H34N6O4/c1-21-16-25(17-35)10-11-28(21)39-15-14-38(22(2)19-39)20-24-8-6-23(7-9-24)18-36-27-5-3-4-26-31(27)34(44)40(33(26)43)29-12-13-30(41)37-32(29)42/h3-11,16,22,29,36H,12-15,18-20H2,1-2H3,(H,37,41,42)/t22-,29?/m1/s1. The smallest absolute Gasteiger partial charge is 0.264 e. The number of nitrogens with one attached hydrogen (secondary N) is 2. The van der Waals surface area contributed by atoms with Gasteiger partial charge in [0.25, 0.3) is 11.8 Å². The molecule has 2 N–H and O–H groups in total. The summed E-state index contributed by atoms with van der Waals surface area (Å²) in [5, 5.41) is 14.7. The van der Waals surface area contributed by atoms with Gasteiger partial charge in [-0.2, -0.15) is 5.26 Å². The second-order valence-corrected chi connectivity index (χ2v) is 11.7. The Bertz CT molecular complexity index is 1690. The van der Waals surface area contributed by atoms with E-state index in [-0.39, 0.29) is 24.0 Å². The summed E-state index contributed by atoms with van der Waals surface area (Å²) in [6.07, 6.45) is 0.203.